The van der Waals surface area contributed by atoms with Gasteiger partial charge in [0.05, 0.1) is 10.6 Å². The largest absolute Gasteiger partial charge is 0.355 e. The van der Waals surface area contributed by atoms with E-state index in [1.54, 1.807) is 31.6 Å². The van der Waals surface area contributed by atoms with Gasteiger partial charge in [-0.2, -0.15) is 0 Å². The van der Waals surface area contributed by atoms with Crippen molar-refractivity contribution in [2.24, 2.45) is 0 Å². The van der Waals surface area contributed by atoms with E-state index in [4.69, 9.17) is 11.6 Å². The molecule has 0 spiro atoms. The third-order valence-electron chi connectivity index (χ3n) is 4.55. The summed E-state index contributed by atoms with van der Waals surface area (Å²) in [6.45, 7) is 0. The van der Waals surface area contributed by atoms with Gasteiger partial charge in [0.1, 0.15) is 0 Å². The molecular formula is C19H16ClN5O. The van der Waals surface area contributed by atoms with Crippen LogP contribution >= 0.6 is 11.6 Å². The summed E-state index contributed by atoms with van der Waals surface area (Å²) in [4.78, 5) is 29.0. The first-order valence-electron chi connectivity index (χ1n) is 8.28. The van der Waals surface area contributed by atoms with Gasteiger partial charge in [-0.25, -0.2) is 19.9 Å². The number of aromatic nitrogens is 4. The Labute approximate surface area is 155 Å². The zero-order valence-corrected chi connectivity index (χ0v) is 14.8. The zero-order valence-electron chi connectivity index (χ0n) is 14.1. The predicted molar refractivity (Wildman–Crippen MR) is 98.0 cm³/mol. The van der Waals surface area contributed by atoms with Crippen LogP contribution in [0.3, 0.4) is 0 Å². The Morgan fingerprint density at radius 1 is 1.04 bits per heavy atom. The second-order valence-electron chi connectivity index (χ2n) is 6.18. The van der Waals surface area contributed by atoms with E-state index >= 15 is 0 Å². The fraction of sp³-hybridized carbons (Fsp3) is 0.211. The highest BCUT2D eigenvalue weighted by atomic mass is 35.5. The molecule has 2 aromatic heterocycles. The molecule has 1 aliphatic rings. The molecule has 6 nitrogen and oxygen atoms in total. The summed E-state index contributed by atoms with van der Waals surface area (Å²) in [5.41, 5.74) is 2.68. The maximum absolute atomic E-state index is 11.9. The van der Waals surface area contributed by atoms with Crippen molar-refractivity contribution < 1.29 is 4.79 Å². The lowest BCUT2D eigenvalue weighted by molar-refractivity contribution is 0.0963. The minimum atomic E-state index is -0.176. The number of nitrogens with one attached hydrogen (secondary N) is 1. The number of carbonyl (C=O) groups excluding carboxylic acids is 1. The molecule has 0 bridgehead atoms. The van der Waals surface area contributed by atoms with Gasteiger partial charge in [-0.15, -0.1) is 0 Å². The fourth-order valence-corrected chi connectivity index (χ4v) is 3.28. The second-order valence-corrected chi connectivity index (χ2v) is 6.59. The van der Waals surface area contributed by atoms with E-state index in [1.807, 2.05) is 24.5 Å². The summed E-state index contributed by atoms with van der Waals surface area (Å²) in [6, 6.07) is 7.39. The van der Waals surface area contributed by atoms with Crippen LogP contribution in [0, 0.1) is 0 Å². The number of nitrogens with zero attached hydrogens (tertiary/aromatic N) is 4. The number of carbonyl (C=O) groups is 1. The second kappa shape index (κ2) is 6.80. The van der Waals surface area contributed by atoms with Crippen molar-refractivity contribution in [3.8, 4) is 11.6 Å². The van der Waals surface area contributed by atoms with Crippen LogP contribution in [0.15, 0.2) is 49.1 Å². The zero-order chi connectivity index (χ0) is 18.1. The Hall–Kier alpha value is -2.86. The highest BCUT2D eigenvalue weighted by molar-refractivity contribution is 6.33. The predicted octanol–water partition coefficient (Wildman–Crippen LogP) is 3.22. The Bertz CT molecular complexity index is 946. The van der Waals surface area contributed by atoms with Gasteiger partial charge in [0, 0.05) is 31.8 Å². The summed E-state index contributed by atoms with van der Waals surface area (Å²) in [6.07, 6.45) is 8.00. The van der Waals surface area contributed by atoms with Crippen LogP contribution in [0.25, 0.3) is 11.6 Å². The first-order valence-corrected chi connectivity index (χ1v) is 8.66. The molecule has 2 heterocycles. The SMILES string of the molecule is CNC(=O)c1cc(C2CC2c2cnc(-c3ncccn3)nc2)ccc1Cl. The highest BCUT2D eigenvalue weighted by Gasteiger charge is 2.40. The molecule has 1 fully saturated rings. The van der Waals surface area contributed by atoms with Crippen molar-refractivity contribution in [3.63, 3.8) is 0 Å². The third-order valence-corrected chi connectivity index (χ3v) is 4.88. The lowest BCUT2D eigenvalue weighted by Crippen LogP contribution is -2.18. The van der Waals surface area contributed by atoms with Crippen molar-refractivity contribution in [2.45, 2.75) is 18.3 Å². The summed E-state index contributed by atoms with van der Waals surface area (Å²) in [5, 5.41) is 3.08. The molecule has 7 heteroatoms. The Morgan fingerprint density at radius 2 is 1.69 bits per heavy atom. The minimum Gasteiger partial charge on any atom is -0.355 e. The van der Waals surface area contributed by atoms with Crippen molar-refractivity contribution in [1.82, 2.24) is 25.3 Å². The molecule has 2 atom stereocenters. The molecule has 3 aromatic rings. The minimum absolute atomic E-state index is 0.176. The molecule has 26 heavy (non-hydrogen) atoms. The Morgan fingerprint density at radius 3 is 2.38 bits per heavy atom. The van der Waals surface area contributed by atoms with Gasteiger partial charge in [-0.3, -0.25) is 4.79 Å². The van der Waals surface area contributed by atoms with E-state index in [-0.39, 0.29) is 5.91 Å². The first-order chi connectivity index (χ1) is 12.7. The molecule has 1 saturated carbocycles. The van der Waals surface area contributed by atoms with E-state index < -0.39 is 0 Å². The maximum atomic E-state index is 11.9. The molecule has 0 aliphatic heterocycles. The molecular weight excluding hydrogens is 350 g/mol. The Balaban J connectivity index is 1.53. The molecule has 0 radical (unpaired) electrons. The lowest BCUT2D eigenvalue weighted by atomic mass is 10.0. The van der Waals surface area contributed by atoms with Crippen molar-refractivity contribution in [2.75, 3.05) is 7.05 Å². The standard InChI is InChI=1S/C19H16ClN5O/c1-21-19(26)15-7-11(3-4-16(15)20)13-8-14(13)12-9-24-18(25-10-12)17-22-5-2-6-23-17/h2-7,9-10,13-14H,8H2,1H3,(H,21,26). The van der Waals surface area contributed by atoms with Gasteiger partial charge in [0.25, 0.3) is 5.91 Å². The van der Waals surface area contributed by atoms with Crippen LogP contribution in [-0.4, -0.2) is 32.9 Å². The van der Waals surface area contributed by atoms with Crippen LogP contribution in [0.4, 0.5) is 0 Å². The maximum Gasteiger partial charge on any atom is 0.252 e. The quantitative estimate of drug-likeness (QED) is 0.767. The van der Waals surface area contributed by atoms with Crippen LogP contribution in [0.2, 0.25) is 5.02 Å². The first kappa shape index (κ1) is 16.6. The number of hydrogen-bond donors (Lipinski definition) is 1. The van der Waals surface area contributed by atoms with E-state index in [0.717, 1.165) is 17.5 Å². The van der Waals surface area contributed by atoms with Gasteiger partial charge < -0.3 is 5.32 Å². The topological polar surface area (TPSA) is 80.7 Å². The van der Waals surface area contributed by atoms with E-state index in [9.17, 15) is 4.79 Å². The van der Waals surface area contributed by atoms with Gasteiger partial charge in [0.2, 0.25) is 0 Å². The van der Waals surface area contributed by atoms with E-state index in [0.29, 0.717) is 34.1 Å². The number of benzene rings is 1. The van der Waals surface area contributed by atoms with Crippen LogP contribution in [0.1, 0.15) is 39.7 Å². The van der Waals surface area contributed by atoms with Crippen LogP contribution < -0.4 is 5.32 Å². The molecule has 1 aromatic carbocycles. The lowest BCUT2D eigenvalue weighted by Gasteiger charge is -2.07. The summed E-state index contributed by atoms with van der Waals surface area (Å²) < 4.78 is 0. The number of halogens is 1. The summed E-state index contributed by atoms with van der Waals surface area (Å²) >= 11 is 6.13. The average molecular weight is 366 g/mol. The summed E-state index contributed by atoms with van der Waals surface area (Å²) in [5.74, 6) is 1.54. The molecule has 1 aliphatic carbocycles. The molecule has 2 unspecified atom stereocenters. The molecule has 130 valence electrons. The average Bonchev–Trinajstić information content (AvgIpc) is 3.49. The number of rotatable bonds is 4. The monoisotopic (exact) mass is 365 g/mol. The highest BCUT2D eigenvalue weighted by Crippen LogP contribution is 2.54. The van der Waals surface area contributed by atoms with E-state index in [1.165, 1.54) is 0 Å². The molecule has 1 N–H and O–H groups in total. The van der Waals surface area contributed by atoms with Crippen LogP contribution in [0.5, 0.6) is 0 Å². The van der Waals surface area contributed by atoms with E-state index in [2.05, 4.69) is 25.3 Å². The summed E-state index contributed by atoms with van der Waals surface area (Å²) in [7, 11) is 1.60. The molecule has 1 amide bonds. The van der Waals surface area contributed by atoms with Crippen molar-refractivity contribution >= 4 is 17.5 Å². The smallest absolute Gasteiger partial charge is 0.252 e. The normalized spacial score (nSPS) is 18.4. The van der Waals surface area contributed by atoms with Gasteiger partial charge in [-0.1, -0.05) is 17.7 Å². The number of amides is 1. The van der Waals surface area contributed by atoms with Crippen LogP contribution in [-0.2, 0) is 0 Å². The Kier molecular flexibility index (Phi) is 4.34. The molecule has 4 rings (SSSR count). The van der Waals surface area contributed by atoms with Gasteiger partial charge in [0.15, 0.2) is 11.6 Å². The molecule has 0 saturated heterocycles. The van der Waals surface area contributed by atoms with Crippen molar-refractivity contribution in [1.29, 1.82) is 0 Å². The van der Waals surface area contributed by atoms with Gasteiger partial charge >= 0.3 is 0 Å². The van der Waals surface area contributed by atoms with Gasteiger partial charge in [-0.05, 0) is 47.6 Å². The fourth-order valence-electron chi connectivity index (χ4n) is 3.07. The van der Waals surface area contributed by atoms with Crippen molar-refractivity contribution in [3.05, 3.63) is 70.8 Å². The number of hydrogen-bond acceptors (Lipinski definition) is 5. The third kappa shape index (κ3) is 3.15.